The first kappa shape index (κ1) is 24.3. The Morgan fingerprint density at radius 1 is 1.05 bits per heavy atom. The smallest absolute Gasteiger partial charge is 0.255 e. The van der Waals surface area contributed by atoms with E-state index >= 15 is 0 Å². The Bertz CT molecular complexity index is 1380. The minimum atomic E-state index is -0.537. The second kappa shape index (κ2) is 10.7. The number of anilines is 1. The molecule has 7 heteroatoms. The Hall–Kier alpha value is -4.39. The average Bonchev–Trinajstić information content (AvgIpc) is 2.92. The molecule has 1 aliphatic carbocycles. The number of hydrogen-bond donors (Lipinski definition) is 2. The van der Waals surface area contributed by atoms with Gasteiger partial charge in [-0.15, -0.1) is 0 Å². The monoisotopic (exact) mass is 495 g/mol. The van der Waals surface area contributed by atoms with Gasteiger partial charge >= 0.3 is 0 Å². The van der Waals surface area contributed by atoms with Crippen LogP contribution in [-0.4, -0.2) is 23.8 Å². The summed E-state index contributed by atoms with van der Waals surface area (Å²) in [6, 6.07) is 20.8. The van der Waals surface area contributed by atoms with Gasteiger partial charge in [0.25, 0.3) is 5.91 Å². The summed E-state index contributed by atoms with van der Waals surface area (Å²) in [7, 11) is 1.59. The van der Waals surface area contributed by atoms with Gasteiger partial charge in [-0.25, -0.2) is 4.98 Å². The van der Waals surface area contributed by atoms with E-state index in [4.69, 9.17) is 9.47 Å². The largest absolute Gasteiger partial charge is 0.493 e. The van der Waals surface area contributed by atoms with Gasteiger partial charge in [0, 0.05) is 41.1 Å². The summed E-state index contributed by atoms with van der Waals surface area (Å²) >= 11 is 0. The fraction of sp³-hybridized carbons (Fsp3) is 0.233. The lowest BCUT2D eigenvalue weighted by Crippen LogP contribution is -2.35. The van der Waals surface area contributed by atoms with Crippen molar-refractivity contribution >= 4 is 17.5 Å². The first-order valence-corrected chi connectivity index (χ1v) is 12.4. The molecule has 7 nitrogen and oxygen atoms in total. The second-order valence-corrected chi connectivity index (χ2v) is 9.12. The molecule has 0 fully saturated rings. The molecule has 0 spiro atoms. The zero-order chi connectivity index (χ0) is 25.8. The van der Waals surface area contributed by atoms with Crippen molar-refractivity contribution in [2.75, 3.05) is 12.4 Å². The number of pyridine rings is 1. The number of ether oxygens (including phenoxy) is 2. The first-order chi connectivity index (χ1) is 18.0. The fourth-order valence-electron chi connectivity index (χ4n) is 4.96. The maximum Gasteiger partial charge on any atom is 0.255 e. The molecule has 0 saturated heterocycles. The van der Waals surface area contributed by atoms with E-state index in [-0.39, 0.29) is 11.7 Å². The molecular formula is C30H29N3O4. The number of carbonyl (C=O) groups is 2. The molecule has 2 N–H and O–H groups in total. The molecule has 1 atom stereocenters. The summed E-state index contributed by atoms with van der Waals surface area (Å²) in [6.07, 6.45) is 3.63. The molecule has 3 aromatic rings. The van der Waals surface area contributed by atoms with Crippen molar-refractivity contribution in [1.29, 1.82) is 0 Å². The van der Waals surface area contributed by atoms with Crippen molar-refractivity contribution in [2.45, 2.75) is 38.7 Å². The predicted molar refractivity (Wildman–Crippen MR) is 141 cm³/mol. The van der Waals surface area contributed by atoms with Crippen LogP contribution in [0.4, 0.5) is 5.82 Å². The number of methoxy groups -OCH3 is 1. The Morgan fingerprint density at radius 3 is 2.62 bits per heavy atom. The van der Waals surface area contributed by atoms with Crippen molar-refractivity contribution in [3.05, 3.63) is 107 Å². The van der Waals surface area contributed by atoms with Gasteiger partial charge in [0.15, 0.2) is 17.3 Å². The molecule has 188 valence electrons. The van der Waals surface area contributed by atoms with Crippen LogP contribution in [0.5, 0.6) is 11.5 Å². The average molecular weight is 496 g/mol. The Kier molecular flexibility index (Phi) is 7.03. The van der Waals surface area contributed by atoms with E-state index in [0.29, 0.717) is 41.5 Å². The molecule has 0 radical (unpaired) electrons. The highest BCUT2D eigenvalue weighted by atomic mass is 16.5. The van der Waals surface area contributed by atoms with Crippen LogP contribution in [-0.2, 0) is 16.2 Å². The number of carbonyl (C=O) groups excluding carboxylic acids is 2. The highest BCUT2D eigenvalue weighted by Gasteiger charge is 2.38. The van der Waals surface area contributed by atoms with E-state index < -0.39 is 5.92 Å². The number of Topliss-reactive ketones (excluding diaryl/α,β-unsaturated/α-hetero) is 1. The predicted octanol–water partition coefficient (Wildman–Crippen LogP) is 5.28. The summed E-state index contributed by atoms with van der Waals surface area (Å²) in [5.74, 6) is 0.793. The highest BCUT2D eigenvalue weighted by molar-refractivity contribution is 6.09. The summed E-state index contributed by atoms with van der Waals surface area (Å²) in [4.78, 5) is 31.0. The molecule has 5 rings (SSSR count). The third-order valence-electron chi connectivity index (χ3n) is 6.69. The van der Waals surface area contributed by atoms with Gasteiger partial charge in [-0.3, -0.25) is 9.59 Å². The summed E-state index contributed by atoms with van der Waals surface area (Å²) in [5, 5.41) is 6.24. The number of aromatic nitrogens is 1. The van der Waals surface area contributed by atoms with E-state index in [1.165, 1.54) is 0 Å². The topological polar surface area (TPSA) is 89.5 Å². The van der Waals surface area contributed by atoms with Crippen molar-refractivity contribution < 1.29 is 19.1 Å². The number of amides is 1. The van der Waals surface area contributed by atoms with Crippen molar-refractivity contribution in [3.63, 3.8) is 0 Å². The van der Waals surface area contributed by atoms with Crippen LogP contribution in [0.25, 0.3) is 0 Å². The molecule has 0 saturated carbocycles. The number of hydrogen-bond acceptors (Lipinski definition) is 6. The fourth-order valence-corrected chi connectivity index (χ4v) is 4.96. The number of nitrogens with one attached hydrogen (secondary N) is 2. The number of benzene rings is 2. The number of nitrogens with zero attached hydrogens (tertiary/aromatic N) is 1. The quantitative estimate of drug-likeness (QED) is 0.464. The van der Waals surface area contributed by atoms with Gasteiger partial charge in [0.05, 0.1) is 7.11 Å². The van der Waals surface area contributed by atoms with Gasteiger partial charge in [-0.1, -0.05) is 42.5 Å². The summed E-state index contributed by atoms with van der Waals surface area (Å²) in [6.45, 7) is 2.27. The Balaban J connectivity index is 1.52. The van der Waals surface area contributed by atoms with E-state index in [1.54, 1.807) is 25.4 Å². The highest BCUT2D eigenvalue weighted by Crippen LogP contribution is 2.44. The SMILES string of the molecule is COc1cc([C@@H]2C(C(=O)Nc3ccccn3)=C(C)NC3=C2C(=O)CCC3)ccc1OCc1ccccc1. The minimum Gasteiger partial charge on any atom is -0.493 e. The lowest BCUT2D eigenvalue weighted by molar-refractivity contribution is -0.116. The molecule has 0 bridgehead atoms. The van der Waals surface area contributed by atoms with Crippen LogP contribution in [0.3, 0.4) is 0 Å². The van der Waals surface area contributed by atoms with Gasteiger partial charge in [0.2, 0.25) is 0 Å². The van der Waals surface area contributed by atoms with Gasteiger partial charge in [-0.2, -0.15) is 0 Å². The zero-order valence-corrected chi connectivity index (χ0v) is 20.9. The lowest BCUT2D eigenvalue weighted by Gasteiger charge is -2.34. The summed E-state index contributed by atoms with van der Waals surface area (Å²) < 4.78 is 11.7. The molecule has 2 aliphatic rings. The molecule has 2 aromatic carbocycles. The third-order valence-corrected chi connectivity index (χ3v) is 6.69. The number of ketones is 1. The molecule has 37 heavy (non-hydrogen) atoms. The van der Waals surface area contributed by atoms with E-state index in [1.807, 2.05) is 61.5 Å². The maximum atomic E-state index is 13.6. The van der Waals surface area contributed by atoms with E-state index in [9.17, 15) is 9.59 Å². The Labute approximate surface area is 216 Å². The Morgan fingerprint density at radius 2 is 1.86 bits per heavy atom. The number of dihydropyridines is 1. The van der Waals surface area contributed by atoms with Crippen LogP contribution in [0.2, 0.25) is 0 Å². The van der Waals surface area contributed by atoms with Crippen molar-refractivity contribution in [3.8, 4) is 11.5 Å². The van der Waals surface area contributed by atoms with E-state index in [0.717, 1.165) is 35.4 Å². The number of allylic oxidation sites excluding steroid dienone is 3. The van der Waals surface area contributed by atoms with Gasteiger partial charge in [0.1, 0.15) is 12.4 Å². The van der Waals surface area contributed by atoms with Crippen molar-refractivity contribution in [2.24, 2.45) is 0 Å². The van der Waals surface area contributed by atoms with E-state index in [2.05, 4.69) is 15.6 Å². The maximum absolute atomic E-state index is 13.6. The van der Waals surface area contributed by atoms with Crippen LogP contribution < -0.4 is 20.1 Å². The summed E-state index contributed by atoms with van der Waals surface area (Å²) in [5.41, 5.74) is 4.56. The van der Waals surface area contributed by atoms with Gasteiger partial charge < -0.3 is 20.1 Å². The minimum absolute atomic E-state index is 0.0535. The van der Waals surface area contributed by atoms with Gasteiger partial charge in [-0.05, 0) is 55.2 Å². The van der Waals surface area contributed by atoms with Crippen LogP contribution >= 0.6 is 0 Å². The molecular weight excluding hydrogens is 466 g/mol. The third kappa shape index (κ3) is 5.11. The van der Waals surface area contributed by atoms with Crippen LogP contribution in [0.15, 0.2) is 95.5 Å². The molecule has 1 amide bonds. The standard InChI is InChI=1S/C30H29N3O4/c1-19-27(30(35)33-26-13-6-7-16-31-26)28(29-22(32-19)11-8-12-23(29)34)21-14-15-24(25(17-21)36-2)37-18-20-9-4-3-5-10-20/h3-7,9-10,13-17,28,32H,8,11-12,18H2,1-2H3,(H,31,33,35)/t28-/m1/s1. The van der Waals surface area contributed by atoms with Crippen LogP contribution in [0.1, 0.15) is 43.2 Å². The molecule has 2 heterocycles. The lowest BCUT2D eigenvalue weighted by atomic mass is 9.75. The molecule has 1 aliphatic heterocycles. The normalized spacial score (nSPS) is 17.1. The zero-order valence-electron chi connectivity index (χ0n) is 20.9. The first-order valence-electron chi connectivity index (χ1n) is 12.4. The number of rotatable bonds is 7. The molecule has 1 aromatic heterocycles. The van der Waals surface area contributed by atoms with Crippen molar-refractivity contribution in [1.82, 2.24) is 10.3 Å². The van der Waals surface area contributed by atoms with Crippen LogP contribution in [0, 0.1) is 0 Å². The second-order valence-electron chi connectivity index (χ2n) is 9.12. The molecule has 0 unspecified atom stereocenters.